The maximum Gasteiger partial charge on any atom is 0.295 e. The van der Waals surface area contributed by atoms with Crippen molar-refractivity contribution in [2.24, 2.45) is 7.05 Å². The van der Waals surface area contributed by atoms with Gasteiger partial charge in [-0.2, -0.15) is 0 Å². The summed E-state index contributed by atoms with van der Waals surface area (Å²) < 4.78 is 8.65. The van der Waals surface area contributed by atoms with Crippen LogP contribution in [0.3, 0.4) is 0 Å². The van der Waals surface area contributed by atoms with E-state index < -0.39 is 0 Å². The first-order valence-corrected chi connectivity index (χ1v) is 12.2. The molecule has 2 aromatic carbocycles. The van der Waals surface area contributed by atoms with E-state index in [4.69, 9.17) is 4.42 Å². The van der Waals surface area contributed by atoms with Gasteiger partial charge < -0.3 is 14.6 Å². The van der Waals surface area contributed by atoms with Gasteiger partial charge in [-0.3, -0.25) is 19.1 Å². The molecule has 3 heterocycles. The molecule has 2 aromatic heterocycles. The average molecular weight is 489 g/mol. The fraction of sp³-hybridized carbons (Fsp3) is 0.192. The summed E-state index contributed by atoms with van der Waals surface area (Å²) >= 11 is 1.54. The van der Waals surface area contributed by atoms with Crippen LogP contribution < -0.4 is 10.9 Å². The van der Waals surface area contributed by atoms with Crippen LogP contribution in [0.2, 0.25) is 0 Å². The Bertz CT molecular complexity index is 1420. The molecule has 8 nitrogen and oxygen atoms in total. The van der Waals surface area contributed by atoms with Gasteiger partial charge in [-0.25, -0.2) is 4.68 Å². The molecule has 0 spiro atoms. The summed E-state index contributed by atoms with van der Waals surface area (Å²) in [5.41, 5.74) is 2.66. The third-order valence-corrected chi connectivity index (χ3v) is 7.38. The maximum absolute atomic E-state index is 13.1. The van der Waals surface area contributed by atoms with Crippen molar-refractivity contribution >= 4 is 29.3 Å². The Morgan fingerprint density at radius 1 is 1.06 bits per heavy atom. The molecular formula is C26H24N4O4S. The van der Waals surface area contributed by atoms with Crippen molar-refractivity contribution in [1.82, 2.24) is 14.3 Å². The normalized spacial score (nSPS) is 15.5. The molecule has 4 aromatic rings. The number of thioether (sulfide) groups is 1. The number of hydrogen-bond donors (Lipinski definition) is 1. The number of carbonyl (C=O) groups is 2. The van der Waals surface area contributed by atoms with Crippen LogP contribution in [0, 0.1) is 6.92 Å². The number of aromatic nitrogens is 2. The fourth-order valence-corrected chi connectivity index (χ4v) is 5.36. The van der Waals surface area contributed by atoms with Crippen molar-refractivity contribution < 1.29 is 14.0 Å². The highest BCUT2D eigenvalue weighted by Gasteiger charge is 2.33. The molecule has 1 N–H and O–H groups in total. The van der Waals surface area contributed by atoms with Gasteiger partial charge in [0.05, 0.1) is 29.9 Å². The molecule has 1 aliphatic rings. The van der Waals surface area contributed by atoms with Crippen LogP contribution >= 0.6 is 11.8 Å². The van der Waals surface area contributed by atoms with Crippen molar-refractivity contribution in [3.63, 3.8) is 0 Å². The Morgan fingerprint density at radius 3 is 2.49 bits per heavy atom. The number of carbonyl (C=O) groups excluding carboxylic acids is 2. The Hall–Kier alpha value is -3.98. The largest absolute Gasteiger partial charge is 0.467 e. The zero-order valence-corrected chi connectivity index (χ0v) is 20.1. The second-order valence-corrected chi connectivity index (χ2v) is 9.35. The zero-order valence-electron chi connectivity index (χ0n) is 19.3. The van der Waals surface area contributed by atoms with Crippen molar-refractivity contribution in [3.8, 4) is 5.69 Å². The molecule has 0 bridgehead atoms. The highest BCUT2D eigenvalue weighted by molar-refractivity contribution is 8.00. The first-order chi connectivity index (χ1) is 16.9. The summed E-state index contributed by atoms with van der Waals surface area (Å²) in [6, 6.07) is 20.0. The first-order valence-electron chi connectivity index (χ1n) is 11.1. The minimum atomic E-state index is -0.370. The number of furan rings is 1. The molecule has 9 heteroatoms. The molecule has 5 rings (SSSR count). The van der Waals surface area contributed by atoms with Crippen LogP contribution in [0.4, 0.5) is 5.69 Å². The summed E-state index contributed by atoms with van der Waals surface area (Å²) in [4.78, 5) is 40.3. The molecule has 0 radical (unpaired) electrons. The summed E-state index contributed by atoms with van der Waals surface area (Å²) in [5, 5.41) is 2.63. The van der Waals surface area contributed by atoms with E-state index in [1.165, 1.54) is 4.68 Å². The summed E-state index contributed by atoms with van der Waals surface area (Å²) in [5.74, 6) is 0.799. The van der Waals surface area contributed by atoms with Crippen molar-refractivity contribution in [1.29, 1.82) is 0 Å². The molecule has 0 aliphatic carbocycles. The molecule has 0 saturated carbocycles. The van der Waals surface area contributed by atoms with Crippen molar-refractivity contribution in [2.45, 2.75) is 18.8 Å². The van der Waals surface area contributed by atoms with E-state index in [1.54, 1.807) is 59.8 Å². The molecule has 1 atom stereocenters. The van der Waals surface area contributed by atoms with Gasteiger partial charge in [0.2, 0.25) is 5.91 Å². The number of hydrogen-bond acceptors (Lipinski definition) is 5. The lowest BCUT2D eigenvalue weighted by Crippen LogP contribution is -2.27. The van der Waals surface area contributed by atoms with Crippen LogP contribution in [0.1, 0.15) is 32.7 Å². The number of rotatable bonds is 6. The molecule has 0 unspecified atom stereocenters. The van der Waals surface area contributed by atoms with Gasteiger partial charge in [0, 0.05) is 12.6 Å². The van der Waals surface area contributed by atoms with Gasteiger partial charge in [-0.1, -0.05) is 30.3 Å². The second kappa shape index (κ2) is 9.34. The first kappa shape index (κ1) is 22.8. The van der Waals surface area contributed by atoms with E-state index in [1.807, 2.05) is 48.5 Å². The van der Waals surface area contributed by atoms with Gasteiger partial charge >= 0.3 is 0 Å². The Balaban J connectivity index is 1.35. The predicted molar refractivity (Wildman–Crippen MR) is 135 cm³/mol. The van der Waals surface area contributed by atoms with Crippen LogP contribution in [0.5, 0.6) is 0 Å². The fourth-order valence-electron chi connectivity index (χ4n) is 4.17. The third kappa shape index (κ3) is 4.30. The van der Waals surface area contributed by atoms with E-state index in [9.17, 15) is 14.4 Å². The maximum atomic E-state index is 13.1. The van der Waals surface area contributed by atoms with Gasteiger partial charge in [0.1, 0.15) is 16.8 Å². The van der Waals surface area contributed by atoms with Crippen LogP contribution in [-0.2, 0) is 18.4 Å². The van der Waals surface area contributed by atoms with E-state index in [0.29, 0.717) is 23.6 Å². The second-order valence-electron chi connectivity index (χ2n) is 8.28. The van der Waals surface area contributed by atoms with Crippen molar-refractivity contribution in [3.05, 3.63) is 106 Å². The minimum absolute atomic E-state index is 0.0486. The molecule has 178 valence electrons. The van der Waals surface area contributed by atoms with Gasteiger partial charge in [-0.15, -0.1) is 11.8 Å². The number of anilines is 1. The monoisotopic (exact) mass is 488 g/mol. The number of nitrogens with one attached hydrogen (secondary N) is 1. The standard InChI is InChI=1S/C26H24N4O4S/c1-17-23(25(33)30(28(17)2)20-7-4-3-5-8-20)27-24(32)18-10-12-19(13-11-18)26-29(22(31)16-35-26)15-21-9-6-14-34-21/h3-14,26H,15-16H2,1-2H3,(H,27,32)/t26-/m0/s1. The number of para-hydroxylation sites is 1. The van der Waals surface area contributed by atoms with E-state index in [2.05, 4.69) is 5.32 Å². The smallest absolute Gasteiger partial charge is 0.295 e. The van der Waals surface area contributed by atoms with Crippen molar-refractivity contribution in [2.75, 3.05) is 11.1 Å². The molecule has 2 amide bonds. The molecule has 35 heavy (non-hydrogen) atoms. The molecule has 1 saturated heterocycles. The highest BCUT2D eigenvalue weighted by atomic mass is 32.2. The Morgan fingerprint density at radius 2 is 1.80 bits per heavy atom. The number of nitrogens with zero attached hydrogens (tertiary/aromatic N) is 3. The Labute approximate surface area is 206 Å². The average Bonchev–Trinajstić information content (AvgIpc) is 3.57. The number of amides is 2. The van der Waals surface area contributed by atoms with Crippen LogP contribution in [0.25, 0.3) is 5.69 Å². The quantitative estimate of drug-likeness (QED) is 0.441. The molecule has 1 fully saturated rings. The number of benzene rings is 2. The topological polar surface area (TPSA) is 89.5 Å². The zero-order chi connectivity index (χ0) is 24.5. The minimum Gasteiger partial charge on any atom is -0.467 e. The summed E-state index contributed by atoms with van der Waals surface area (Å²) in [7, 11) is 1.78. The lowest BCUT2D eigenvalue weighted by Gasteiger charge is -2.23. The van der Waals surface area contributed by atoms with E-state index in [-0.39, 0.29) is 28.4 Å². The summed E-state index contributed by atoms with van der Waals surface area (Å²) in [6.45, 7) is 2.19. The van der Waals surface area contributed by atoms with Gasteiger partial charge in [0.15, 0.2) is 0 Å². The highest BCUT2D eigenvalue weighted by Crippen LogP contribution is 2.39. The summed E-state index contributed by atoms with van der Waals surface area (Å²) in [6.07, 6.45) is 1.59. The molecular weight excluding hydrogens is 464 g/mol. The Kier molecular flexibility index (Phi) is 6.08. The third-order valence-electron chi connectivity index (χ3n) is 6.13. The van der Waals surface area contributed by atoms with E-state index in [0.717, 1.165) is 17.0 Å². The van der Waals surface area contributed by atoms with Gasteiger partial charge in [-0.05, 0) is 48.9 Å². The lowest BCUT2D eigenvalue weighted by atomic mass is 10.1. The predicted octanol–water partition coefficient (Wildman–Crippen LogP) is 4.10. The van der Waals surface area contributed by atoms with E-state index >= 15 is 0 Å². The SMILES string of the molecule is Cc1c(NC(=O)c2ccc([C@@H]3SCC(=O)N3Cc3ccco3)cc2)c(=O)n(-c2ccccc2)n1C. The van der Waals surface area contributed by atoms with Crippen LogP contribution in [-0.4, -0.2) is 31.8 Å². The molecule has 1 aliphatic heterocycles. The van der Waals surface area contributed by atoms with Gasteiger partial charge in [0.25, 0.3) is 11.5 Å². The lowest BCUT2D eigenvalue weighted by molar-refractivity contribution is -0.128. The van der Waals surface area contributed by atoms with Crippen LogP contribution in [0.15, 0.2) is 82.2 Å².